The average molecular weight is 380 g/mol. The highest BCUT2D eigenvalue weighted by molar-refractivity contribution is 7.72. The molecule has 0 spiro atoms. The van der Waals surface area contributed by atoms with E-state index in [1.165, 1.54) is 0 Å². The predicted molar refractivity (Wildman–Crippen MR) is 73.5 cm³/mol. The maximum Gasteiger partial charge on any atom is 0.369 e. The summed E-state index contributed by atoms with van der Waals surface area (Å²) in [5.74, 6) is -0.548. The van der Waals surface area contributed by atoms with Gasteiger partial charge in [-0.25, -0.2) is 0 Å². The highest BCUT2D eigenvalue weighted by Gasteiger charge is 2.58. The monoisotopic (exact) mass is 380 g/mol. The Bertz CT molecular complexity index is 490. The molecule has 0 radical (unpaired) electrons. The highest BCUT2D eigenvalue weighted by Crippen LogP contribution is 2.69. The molecule has 136 valence electrons. The molecule has 0 aliphatic carbocycles. The van der Waals surface area contributed by atoms with Gasteiger partial charge in [0, 0.05) is 19.4 Å². The molecular weight excluding hydrogens is 362 g/mol. The van der Waals surface area contributed by atoms with Crippen molar-refractivity contribution in [3.8, 4) is 0 Å². The second-order valence-corrected chi connectivity index (χ2v) is 8.48. The van der Waals surface area contributed by atoms with Crippen molar-refractivity contribution in [2.45, 2.75) is 30.8 Å². The smallest absolute Gasteiger partial charge is 0.368 e. The van der Waals surface area contributed by atoms with E-state index in [1.54, 1.807) is 0 Å². The van der Waals surface area contributed by atoms with Gasteiger partial charge in [0.05, 0.1) is 6.61 Å². The van der Waals surface area contributed by atoms with Crippen LogP contribution in [0.15, 0.2) is 0 Å². The average Bonchev–Trinajstić information content (AvgIpc) is 2.36. The van der Waals surface area contributed by atoms with Crippen molar-refractivity contribution >= 4 is 21.1 Å². The molecule has 0 aromatic rings. The Morgan fingerprint density at radius 1 is 1.17 bits per heavy atom. The molecular formula is C8H18N2O11P2. The predicted octanol–water partition coefficient (Wildman–Crippen LogP) is -1.13. The van der Waals surface area contributed by atoms with Gasteiger partial charge in [-0.2, -0.15) is 0 Å². The number of rotatable bonds is 11. The fourth-order valence-electron chi connectivity index (χ4n) is 1.47. The number of hydrogen-bond acceptors (Lipinski definition) is 7. The van der Waals surface area contributed by atoms with Gasteiger partial charge in [0.25, 0.3) is 10.2 Å². The van der Waals surface area contributed by atoms with Crippen molar-refractivity contribution in [1.82, 2.24) is 5.32 Å². The normalized spacial score (nSPS) is 12.7. The molecule has 0 aliphatic heterocycles. The van der Waals surface area contributed by atoms with E-state index in [1.807, 2.05) is 0 Å². The first-order valence-electron chi connectivity index (χ1n) is 6.19. The molecule has 0 rings (SSSR count). The van der Waals surface area contributed by atoms with Gasteiger partial charge >= 0.3 is 15.2 Å². The standard InChI is InChI=1S/C8H18N2O11P2/c11-7(3-1-6-21-10(13)14)9-5-2-4-8(12,22(15,16)17)23(18,19)20/h12H,1-6H2,(H,9,11)(H2,15,16,17)(H2,18,19,20). The van der Waals surface area contributed by atoms with E-state index < -0.39 is 37.7 Å². The molecule has 6 N–H and O–H groups in total. The third kappa shape index (κ3) is 7.36. The molecule has 0 atom stereocenters. The molecule has 0 saturated carbocycles. The van der Waals surface area contributed by atoms with Gasteiger partial charge in [0.2, 0.25) is 5.91 Å². The van der Waals surface area contributed by atoms with Crippen LogP contribution in [-0.2, 0) is 18.8 Å². The van der Waals surface area contributed by atoms with Gasteiger partial charge in [-0.05, 0) is 12.8 Å². The number of nitrogens with zero attached hydrogens (tertiary/aromatic N) is 1. The van der Waals surface area contributed by atoms with Gasteiger partial charge < -0.3 is 34.8 Å². The molecule has 15 heteroatoms. The molecule has 23 heavy (non-hydrogen) atoms. The minimum atomic E-state index is -5.51. The van der Waals surface area contributed by atoms with E-state index in [2.05, 4.69) is 10.2 Å². The van der Waals surface area contributed by atoms with Crippen LogP contribution in [0.3, 0.4) is 0 Å². The number of amides is 1. The molecule has 0 fully saturated rings. The Balaban J connectivity index is 4.23. The van der Waals surface area contributed by atoms with Crippen molar-refractivity contribution in [3.05, 3.63) is 10.1 Å². The van der Waals surface area contributed by atoms with Crippen LogP contribution >= 0.6 is 15.2 Å². The van der Waals surface area contributed by atoms with Crippen LogP contribution in [0.4, 0.5) is 0 Å². The molecule has 1 amide bonds. The molecule has 0 bridgehead atoms. The lowest BCUT2D eigenvalue weighted by Crippen LogP contribution is -2.31. The Hall–Kier alpha value is -1.07. The minimum absolute atomic E-state index is 0.0573. The van der Waals surface area contributed by atoms with E-state index in [4.69, 9.17) is 19.6 Å². The summed E-state index contributed by atoms with van der Waals surface area (Å²) in [5.41, 5.74) is 0. The number of hydrogen-bond donors (Lipinski definition) is 6. The van der Waals surface area contributed by atoms with Crippen LogP contribution in [-0.4, -0.2) is 53.9 Å². The van der Waals surface area contributed by atoms with Crippen molar-refractivity contribution < 1.29 is 48.5 Å². The van der Waals surface area contributed by atoms with Crippen molar-refractivity contribution in [2.24, 2.45) is 0 Å². The Morgan fingerprint density at radius 2 is 1.70 bits per heavy atom. The summed E-state index contributed by atoms with van der Waals surface area (Å²) in [4.78, 5) is 60.6. The zero-order valence-electron chi connectivity index (χ0n) is 11.8. The first kappa shape index (κ1) is 21.9. The third-order valence-corrected chi connectivity index (χ3v) is 6.57. The van der Waals surface area contributed by atoms with E-state index >= 15 is 0 Å². The lowest BCUT2D eigenvalue weighted by molar-refractivity contribution is -0.757. The number of carbonyl (C=O) groups excluding carboxylic acids is 1. The summed E-state index contributed by atoms with van der Waals surface area (Å²) in [6, 6.07) is 0. The topological polar surface area (TPSA) is 217 Å². The quantitative estimate of drug-likeness (QED) is 0.109. The van der Waals surface area contributed by atoms with E-state index in [9.17, 15) is 29.1 Å². The molecule has 0 aromatic heterocycles. The second-order valence-electron chi connectivity index (χ2n) is 4.48. The summed E-state index contributed by atoms with van der Waals surface area (Å²) in [6.07, 6.45) is -1.31. The van der Waals surface area contributed by atoms with Crippen LogP contribution < -0.4 is 5.32 Å². The van der Waals surface area contributed by atoms with Gasteiger partial charge in [-0.3, -0.25) is 13.9 Å². The maximum absolute atomic E-state index is 11.3. The molecule has 13 nitrogen and oxygen atoms in total. The van der Waals surface area contributed by atoms with Crippen LogP contribution in [0.1, 0.15) is 25.7 Å². The molecule has 0 unspecified atom stereocenters. The minimum Gasteiger partial charge on any atom is -0.368 e. The van der Waals surface area contributed by atoms with Gasteiger partial charge in [-0.1, -0.05) is 0 Å². The highest BCUT2D eigenvalue weighted by atomic mass is 31.2. The SMILES string of the molecule is O=C(CCCO[N+](=O)[O-])NCCCC(O)(P(=O)(O)O)P(=O)(O)O. The lowest BCUT2D eigenvalue weighted by Gasteiger charge is -2.29. The van der Waals surface area contributed by atoms with Crippen LogP contribution in [0.2, 0.25) is 0 Å². The second kappa shape index (κ2) is 8.69. The van der Waals surface area contributed by atoms with Gasteiger partial charge in [-0.15, -0.1) is 10.1 Å². The number of nitrogens with one attached hydrogen (secondary N) is 1. The first-order valence-corrected chi connectivity index (χ1v) is 9.41. The summed E-state index contributed by atoms with van der Waals surface area (Å²) < 4.78 is 22.1. The Labute approximate surface area is 130 Å². The van der Waals surface area contributed by atoms with E-state index in [0.29, 0.717) is 0 Å². The molecule has 0 aromatic carbocycles. The van der Waals surface area contributed by atoms with Crippen molar-refractivity contribution in [3.63, 3.8) is 0 Å². The van der Waals surface area contributed by atoms with E-state index in [-0.39, 0.29) is 32.4 Å². The summed E-state index contributed by atoms with van der Waals surface area (Å²) >= 11 is 0. The molecule has 0 aliphatic rings. The van der Waals surface area contributed by atoms with E-state index in [0.717, 1.165) is 0 Å². The van der Waals surface area contributed by atoms with Crippen LogP contribution in [0.25, 0.3) is 0 Å². The van der Waals surface area contributed by atoms with Gasteiger partial charge in [0.15, 0.2) is 0 Å². The van der Waals surface area contributed by atoms with Crippen molar-refractivity contribution in [2.75, 3.05) is 13.2 Å². The third-order valence-electron chi connectivity index (χ3n) is 2.69. The summed E-state index contributed by atoms with van der Waals surface area (Å²) in [5, 5.41) is 17.1. The molecule has 0 saturated heterocycles. The lowest BCUT2D eigenvalue weighted by atomic mass is 10.3. The summed E-state index contributed by atoms with van der Waals surface area (Å²) in [7, 11) is -11.0. The molecule has 0 heterocycles. The van der Waals surface area contributed by atoms with Crippen LogP contribution in [0, 0.1) is 10.1 Å². The maximum atomic E-state index is 11.3. The Kier molecular flexibility index (Phi) is 8.29. The fraction of sp³-hybridized carbons (Fsp3) is 0.875. The van der Waals surface area contributed by atoms with Gasteiger partial charge in [0.1, 0.15) is 0 Å². The van der Waals surface area contributed by atoms with Crippen molar-refractivity contribution in [1.29, 1.82) is 0 Å². The zero-order chi connectivity index (χ0) is 18.3. The number of aliphatic hydroxyl groups is 1. The largest absolute Gasteiger partial charge is 0.369 e. The fourth-order valence-corrected chi connectivity index (χ4v) is 3.73. The zero-order valence-corrected chi connectivity index (χ0v) is 13.6. The number of carbonyl (C=O) groups is 1. The first-order chi connectivity index (χ1) is 10.3. The summed E-state index contributed by atoms with van der Waals surface area (Å²) in [6.45, 7) is -0.492. The van der Waals surface area contributed by atoms with Crippen LogP contribution in [0.5, 0.6) is 0 Å². The Morgan fingerprint density at radius 3 is 2.13 bits per heavy atom.